The van der Waals surface area contributed by atoms with Crippen LogP contribution in [-0.2, 0) is 0 Å². The third kappa shape index (κ3) is 3.19. The standard InChI is InChI=1S/C14H14N4O2S/c15-14-18-11(7-21-14)13(20)17-10-4-2-1-3-9(10)12(19)16-8-5-6-8/h1-4,7-8H,5-6H2,(H2,15,18)(H,16,19)(H,17,20). The van der Waals surface area contributed by atoms with Gasteiger partial charge in [-0.15, -0.1) is 11.3 Å². The van der Waals surface area contributed by atoms with E-state index in [9.17, 15) is 9.59 Å². The molecule has 108 valence electrons. The Bertz CT molecular complexity index is 694. The first-order chi connectivity index (χ1) is 10.1. The van der Waals surface area contributed by atoms with Crippen molar-refractivity contribution >= 4 is 34.0 Å². The number of carbonyl (C=O) groups is 2. The molecule has 1 fully saturated rings. The van der Waals surface area contributed by atoms with Gasteiger partial charge in [-0.3, -0.25) is 9.59 Å². The SMILES string of the molecule is Nc1nc(C(=O)Nc2ccccc2C(=O)NC2CC2)cs1. The predicted octanol–water partition coefficient (Wildman–Crippen LogP) is 1.87. The fourth-order valence-electron chi connectivity index (χ4n) is 1.86. The molecule has 6 nitrogen and oxygen atoms in total. The van der Waals surface area contributed by atoms with E-state index in [1.165, 1.54) is 11.3 Å². The molecule has 0 saturated heterocycles. The van der Waals surface area contributed by atoms with E-state index >= 15 is 0 Å². The average molecular weight is 302 g/mol. The third-order valence-electron chi connectivity index (χ3n) is 3.09. The van der Waals surface area contributed by atoms with Crippen molar-refractivity contribution < 1.29 is 9.59 Å². The molecule has 1 aromatic heterocycles. The van der Waals surface area contributed by atoms with E-state index in [0.29, 0.717) is 16.4 Å². The molecule has 1 aliphatic rings. The molecule has 3 rings (SSSR count). The lowest BCUT2D eigenvalue weighted by atomic mass is 10.1. The second-order valence-corrected chi connectivity index (χ2v) is 5.71. The molecule has 0 radical (unpaired) electrons. The zero-order valence-electron chi connectivity index (χ0n) is 11.1. The lowest BCUT2D eigenvalue weighted by Gasteiger charge is -2.10. The predicted molar refractivity (Wildman–Crippen MR) is 81.4 cm³/mol. The number of amides is 2. The Labute approximate surface area is 125 Å². The van der Waals surface area contributed by atoms with Gasteiger partial charge in [-0.05, 0) is 25.0 Å². The summed E-state index contributed by atoms with van der Waals surface area (Å²) in [5.74, 6) is -0.555. The Balaban J connectivity index is 1.78. The van der Waals surface area contributed by atoms with E-state index in [0.717, 1.165) is 12.8 Å². The van der Waals surface area contributed by atoms with Gasteiger partial charge in [0.2, 0.25) is 0 Å². The van der Waals surface area contributed by atoms with Gasteiger partial charge in [-0.25, -0.2) is 4.98 Å². The number of aromatic nitrogens is 1. The molecule has 0 atom stereocenters. The minimum absolute atomic E-state index is 0.175. The Kier molecular flexibility index (Phi) is 3.57. The van der Waals surface area contributed by atoms with Gasteiger partial charge in [0, 0.05) is 11.4 Å². The van der Waals surface area contributed by atoms with Crippen LogP contribution in [0.1, 0.15) is 33.7 Å². The number of nitrogens with two attached hydrogens (primary N) is 1. The van der Waals surface area contributed by atoms with Gasteiger partial charge >= 0.3 is 0 Å². The van der Waals surface area contributed by atoms with Crippen molar-refractivity contribution in [3.63, 3.8) is 0 Å². The molecule has 7 heteroatoms. The minimum Gasteiger partial charge on any atom is -0.375 e. The summed E-state index contributed by atoms with van der Waals surface area (Å²) < 4.78 is 0. The highest BCUT2D eigenvalue weighted by molar-refractivity contribution is 7.13. The Morgan fingerprint density at radius 3 is 2.67 bits per heavy atom. The molecular weight excluding hydrogens is 288 g/mol. The Morgan fingerprint density at radius 2 is 2.00 bits per heavy atom. The van der Waals surface area contributed by atoms with Gasteiger partial charge in [0.05, 0.1) is 11.3 Å². The normalized spacial score (nSPS) is 13.7. The number of nitrogens with zero attached hydrogens (tertiary/aromatic N) is 1. The van der Waals surface area contributed by atoms with Gasteiger partial charge in [-0.1, -0.05) is 12.1 Å². The van der Waals surface area contributed by atoms with E-state index < -0.39 is 0 Å². The summed E-state index contributed by atoms with van der Waals surface area (Å²) in [6.45, 7) is 0. The number of hydrogen-bond donors (Lipinski definition) is 3. The highest BCUT2D eigenvalue weighted by Crippen LogP contribution is 2.22. The number of nitrogens with one attached hydrogen (secondary N) is 2. The molecular formula is C14H14N4O2S. The molecule has 0 unspecified atom stereocenters. The van der Waals surface area contributed by atoms with E-state index in [-0.39, 0.29) is 23.6 Å². The molecule has 1 heterocycles. The first kappa shape index (κ1) is 13.6. The number of anilines is 2. The van der Waals surface area contributed by atoms with E-state index in [1.54, 1.807) is 29.6 Å². The number of thiazole rings is 1. The van der Waals surface area contributed by atoms with Crippen LogP contribution in [0.2, 0.25) is 0 Å². The molecule has 2 amide bonds. The van der Waals surface area contributed by atoms with Crippen molar-refractivity contribution in [1.82, 2.24) is 10.3 Å². The number of benzene rings is 1. The number of nitrogen functional groups attached to an aromatic ring is 1. The van der Waals surface area contributed by atoms with Crippen LogP contribution in [-0.4, -0.2) is 22.8 Å². The van der Waals surface area contributed by atoms with Gasteiger partial charge in [-0.2, -0.15) is 0 Å². The maximum absolute atomic E-state index is 12.1. The van der Waals surface area contributed by atoms with Crippen molar-refractivity contribution in [1.29, 1.82) is 0 Å². The van der Waals surface area contributed by atoms with Crippen LogP contribution in [0, 0.1) is 0 Å². The molecule has 21 heavy (non-hydrogen) atoms. The Morgan fingerprint density at radius 1 is 1.24 bits per heavy atom. The second kappa shape index (κ2) is 5.53. The lowest BCUT2D eigenvalue weighted by molar-refractivity contribution is 0.0952. The first-order valence-corrected chi connectivity index (χ1v) is 7.43. The largest absolute Gasteiger partial charge is 0.375 e. The van der Waals surface area contributed by atoms with Crippen LogP contribution in [0.3, 0.4) is 0 Å². The monoisotopic (exact) mass is 302 g/mol. The smallest absolute Gasteiger partial charge is 0.275 e. The topological polar surface area (TPSA) is 97.1 Å². The molecule has 4 N–H and O–H groups in total. The van der Waals surface area contributed by atoms with E-state index in [2.05, 4.69) is 15.6 Å². The molecule has 1 aliphatic carbocycles. The van der Waals surface area contributed by atoms with Crippen LogP contribution in [0.15, 0.2) is 29.6 Å². The van der Waals surface area contributed by atoms with Crippen molar-refractivity contribution in [3.05, 3.63) is 40.9 Å². The molecule has 2 aromatic rings. The van der Waals surface area contributed by atoms with Crippen LogP contribution in [0.5, 0.6) is 0 Å². The Hall–Kier alpha value is -2.41. The number of carbonyl (C=O) groups excluding carboxylic acids is 2. The second-order valence-electron chi connectivity index (χ2n) is 4.82. The summed E-state index contributed by atoms with van der Waals surface area (Å²) in [4.78, 5) is 28.1. The van der Waals surface area contributed by atoms with Crippen molar-refractivity contribution in [2.24, 2.45) is 0 Å². The summed E-state index contributed by atoms with van der Waals surface area (Å²) >= 11 is 1.20. The summed E-state index contributed by atoms with van der Waals surface area (Å²) in [6, 6.07) is 7.16. The van der Waals surface area contributed by atoms with Crippen molar-refractivity contribution in [2.75, 3.05) is 11.1 Å². The molecule has 0 aliphatic heterocycles. The first-order valence-electron chi connectivity index (χ1n) is 6.56. The molecule has 0 bridgehead atoms. The maximum Gasteiger partial charge on any atom is 0.275 e. The molecule has 1 aromatic carbocycles. The summed E-state index contributed by atoms with van der Waals surface area (Å²) in [5, 5.41) is 7.52. The third-order valence-corrected chi connectivity index (χ3v) is 3.76. The number of rotatable bonds is 4. The molecule has 1 saturated carbocycles. The van der Waals surface area contributed by atoms with Gasteiger partial charge < -0.3 is 16.4 Å². The van der Waals surface area contributed by atoms with Crippen molar-refractivity contribution in [2.45, 2.75) is 18.9 Å². The van der Waals surface area contributed by atoms with Crippen molar-refractivity contribution in [3.8, 4) is 0 Å². The van der Waals surface area contributed by atoms with Crippen LogP contribution in [0.25, 0.3) is 0 Å². The summed E-state index contributed by atoms with van der Waals surface area (Å²) in [5.41, 5.74) is 6.67. The minimum atomic E-state index is -0.380. The highest BCUT2D eigenvalue weighted by Gasteiger charge is 2.25. The number of hydrogen-bond acceptors (Lipinski definition) is 5. The van der Waals surface area contributed by atoms with E-state index in [4.69, 9.17) is 5.73 Å². The van der Waals surface area contributed by atoms with Crippen LogP contribution in [0.4, 0.5) is 10.8 Å². The average Bonchev–Trinajstić information content (AvgIpc) is 3.17. The molecule has 0 spiro atoms. The zero-order valence-corrected chi connectivity index (χ0v) is 11.9. The summed E-state index contributed by atoms with van der Waals surface area (Å²) in [6.07, 6.45) is 2.02. The van der Waals surface area contributed by atoms with E-state index in [1.807, 2.05) is 0 Å². The number of para-hydroxylation sites is 1. The quantitative estimate of drug-likeness (QED) is 0.803. The van der Waals surface area contributed by atoms with Gasteiger partial charge in [0.15, 0.2) is 5.13 Å². The van der Waals surface area contributed by atoms with Crippen LogP contribution < -0.4 is 16.4 Å². The van der Waals surface area contributed by atoms with Gasteiger partial charge in [0.1, 0.15) is 5.69 Å². The van der Waals surface area contributed by atoms with Gasteiger partial charge in [0.25, 0.3) is 11.8 Å². The fourth-order valence-corrected chi connectivity index (χ4v) is 2.40. The zero-order chi connectivity index (χ0) is 14.8. The lowest BCUT2D eigenvalue weighted by Crippen LogP contribution is -2.27. The highest BCUT2D eigenvalue weighted by atomic mass is 32.1. The maximum atomic E-state index is 12.1. The van der Waals surface area contributed by atoms with Crippen LogP contribution >= 0.6 is 11.3 Å². The summed E-state index contributed by atoms with van der Waals surface area (Å²) in [7, 11) is 0. The fraction of sp³-hybridized carbons (Fsp3) is 0.214.